The summed E-state index contributed by atoms with van der Waals surface area (Å²) in [5, 5.41) is 1.79. The number of rotatable bonds is 6. The normalized spacial score (nSPS) is 12.0. The van der Waals surface area contributed by atoms with E-state index in [1.807, 2.05) is 13.0 Å². The minimum atomic E-state index is -3.98. The summed E-state index contributed by atoms with van der Waals surface area (Å²) >= 11 is 0. The van der Waals surface area contributed by atoms with E-state index < -0.39 is 34.0 Å². The van der Waals surface area contributed by atoms with E-state index in [0.29, 0.717) is 11.3 Å². The molecule has 2 rings (SSSR count). The van der Waals surface area contributed by atoms with Gasteiger partial charge in [0, 0.05) is 5.69 Å². The van der Waals surface area contributed by atoms with Crippen LogP contribution in [0.3, 0.4) is 0 Å². The van der Waals surface area contributed by atoms with Gasteiger partial charge in [0.05, 0.1) is 10.5 Å². The number of ether oxygens (including phenoxy) is 1. The van der Waals surface area contributed by atoms with Gasteiger partial charge in [-0.1, -0.05) is 18.2 Å². The lowest BCUT2D eigenvalue weighted by Gasteiger charge is -2.14. The molecule has 0 heterocycles. The first-order chi connectivity index (χ1) is 13.5. The van der Waals surface area contributed by atoms with E-state index in [9.17, 15) is 22.8 Å². The fourth-order valence-electron chi connectivity index (χ4n) is 2.44. The first-order valence-corrected chi connectivity index (χ1v) is 9.99. The van der Waals surface area contributed by atoms with Crippen molar-refractivity contribution < 1.29 is 27.5 Å². The van der Waals surface area contributed by atoms with E-state index in [1.54, 1.807) is 30.4 Å². The maximum absolute atomic E-state index is 12.8. The number of carbonyl (C=O) groups is 3. The lowest BCUT2D eigenvalue weighted by Crippen LogP contribution is -2.42. The van der Waals surface area contributed by atoms with Crippen LogP contribution in [0.4, 0.5) is 10.5 Å². The van der Waals surface area contributed by atoms with Gasteiger partial charge in [0.2, 0.25) is 0 Å². The quantitative estimate of drug-likeness (QED) is 0.609. The van der Waals surface area contributed by atoms with Crippen molar-refractivity contribution >= 4 is 33.6 Å². The van der Waals surface area contributed by atoms with Gasteiger partial charge in [-0.2, -0.15) is 0 Å². The number of primary amides is 1. The predicted octanol–water partition coefficient (Wildman–Crippen LogP) is 1.84. The summed E-state index contributed by atoms with van der Waals surface area (Å²) in [4.78, 5) is 34.5. The highest BCUT2D eigenvalue weighted by Crippen LogP contribution is 2.22. The molecule has 4 N–H and O–H groups in total. The second-order valence-corrected chi connectivity index (χ2v) is 8.01. The largest absolute Gasteiger partial charge is 0.449 e. The Balaban J connectivity index is 2.25. The van der Waals surface area contributed by atoms with Crippen LogP contribution in [0.25, 0.3) is 0 Å². The van der Waals surface area contributed by atoms with Crippen LogP contribution in [0.2, 0.25) is 0 Å². The Bertz CT molecular complexity index is 1070. The Hall–Kier alpha value is -3.40. The molecule has 2 aromatic rings. The summed E-state index contributed by atoms with van der Waals surface area (Å²) in [6.07, 6.45) is -1.30. The van der Waals surface area contributed by atoms with Gasteiger partial charge >= 0.3 is 12.0 Å². The smallest absolute Gasteiger partial charge is 0.338 e. The fraction of sp³-hybridized carbons (Fsp3) is 0.211. The number of amides is 3. The second-order valence-electron chi connectivity index (χ2n) is 6.36. The van der Waals surface area contributed by atoms with Gasteiger partial charge in [-0.05, 0) is 56.2 Å². The van der Waals surface area contributed by atoms with Crippen molar-refractivity contribution in [2.75, 3.05) is 4.72 Å². The second kappa shape index (κ2) is 8.74. The van der Waals surface area contributed by atoms with Gasteiger partial charge in [-0.25, -0.2) is 18.0 Å². The van der Waals surface area contributed by atoms with E-state index in [0.717, 1.165) is 11.6 Å². The molecule has 0 saturated carbocycles. The first kappa shape index (κ1) is 21.9. The third kappa shape index (κ3) is 5.79. The van der Waals surface area contributed by atoms with Crippen LogP contribution in [-0.2, 0) is 19.6 Å². The maximum Gasteiger partial charge on any atom is 0.338 e. The van der Waals surface area contributed by atoms with Crippen molar-refractivity contribution in [2.24, 2.45) is 5.73 Å². The first-order valence-electron chi connectivity index (χ1n) is 8.51. The molecular weight excluding hydrogens is 398 g/mol. The minimum absolute atomic E-state index is 0.0704. The molecule has 1 atom stereocenters. The van der Waals surface area contributed by atoms with Crippen LogP contribution in [-0.4, -0.2) is 32.4 Å². The number of carbonyl (C=O) groups excluding carboxylic acids is 3. The third-order valence-corrected chi connectivity index (χ3v) is 5.41. The highest BCUT2D eigenvalue weighted by molar-refractivity contribution is 7.92. The van der Waals surface area contributed by atoms with Crippen molar-refractivity contribution in [1.29, 1.82) is 0 Å². The molecule has 0 saturated heterocycles. The van der Waals surface area contributed by atoms with Crippen LogP contribution < -0.4 is 15.8 Å². The molecule has 0 aromatic heterocycles. The van der Waals surface area contributed by atoms with Crippen LogP contribution in [0.1, 0.15) is 28.4 Å². The number of nitrogens with one attached hydrogen (secondary N) is 2. The fourth-order valence-corrected chi connectivity index (χ4v) is 3.76. The van der Waals surface area contributed by atoms with Crippen molar-refractivity contribution in [1.82, 2.24) is 5.32 Å². The topological polar surface area (TPSA) is 145 Å². The average Bonchev–Trinajstić information content (AvgIpc) is 2.60. The zero-order valence-corrected chi connectivity index (χ0v) is 16.9. The summed E-state index contributed by atoms with van der Waals surface area (Å²) < 4.78 is 33.0. The Morgan fingerprint density at radius 2 is 1.76 bits per heavy atom. The number of esters is 1. The van der Waals surface area contributed by atoms with Crippen LogP contribution in [0.5, 0.6) is 0 Å². The number of urea groups is 1. The highest BCUT2D eigenvalue weighted by Gasteiger charge is 2.23. The van der Waals surface area contributed by atoms with Crippen LogP contribution in [0.15, 0.2) is 47.4 Å². The Kier molecular flexibility index (Phi) is 6.60. The van der Waals surface area contributed by atoms with Crippen LogP contribution >= 0.6 is 0 Å². The van der Waals surface area contributed by atoms with E-state index in [2.05, 4.69) is 4.72 Å². The van der Waals surface area contributed by atoms with Crippen LogP contribution in [0, 0.1) is 13.8 Å². The molecule has 0 radical (unpaired) electrons. The molecule has 9 nitrogen and oxygen atoms in total. The SMILES string of the molecule is Cc1cccc(NS(=O)(=O)c2cc(C(=O)O[C@H](C)C(=O)NC(N)=O)ccc2C)c1. The summed E-state index contributed by atoms with van der Waals surface area (Å²) in [7, 11) is -3.98. The molecule has 2 aromatic carbocycles. The number of anilines is 1. The number of benzene rings is 2. The molecular formula is C19H21N3O6S. The van der Waals surface area contributed by atoms with E-state index >= 15 is 0 Å². The Morgan fingerprint density at radius 1 is 1.07 bits per heavy atom. The van der Waals surface area contributed by atoms with Gasteiger partial charge < -0.3 is 10.5 Å². The van der Waals surface area contributed by atoms with E-state index in [1.165, 1.54) is 19.1 Å². The van der Waals surface area contributed by atoms with E-state index in [4.69, 9.17) is 10.5 Å². The van der Waals surface area contributed by atoms with Gasteiger partial charge in [0.25, 0.3) is 15.9 Å². The minimum Gasteiger partial charge on any atom is -0.449 e. The average molecular weight is 419 g/mol. The number of aryl methyl sites for hydroxylation is 2. The molecule has 0 unspecified atom stereocenters. The van der Waals surface area contributed by atoms with E-state index in [-0.39, 0.29) is 10.5 Å². The molecule has 154 valence electrons. The lowest BCUT2D eigenvalue weighted by atomic mass is 10.1. The predicted molar refractivity (Wildman–Crippen MR) is 106 cm³/mol. The zero-order chi connectivity index (χ0) is 21.8. The monoisotopic (exact) mass is 419 g/mol. The molecule has 0 aliphatic heterocycles. The maximum atomic E-state index is 12.8. The molecule has 29 heavy (non-hydrogen) atoms. The van der Waals surface area contributed by atoms with Gasteiger partial charge in [0.1, 0.15) is 0 Å². The standard InChI is InChI=1S/C19H21N3O6S/c1-11-5-4-6-15(9-11)22-29(26,27)16-10-14(8-7-12(16)2)18(24)28-13(3)17(23)21-19(20)25/h4-10,13,22H,1-3H3,(H3,20,21,23,25)/t13-/m1/s1. The Labute approximate surface area is 168 Å². The van der Waals surface area contributed by atoms with Crippen molar-refractivity contribution in [3.8, 4) is 0 Å². The Morgan fingerprint density at radius 3 is 2.38 bits per heavy atom. The van der Waals surface area contributed by atoms with Crippen molar-refractivity contribution in [2.45, 2.75) is 31.8 Å². The molecule has 0 fully saturated rings. The molecule has 0 aliphatic carbocycles. The van der Waals surface area contributed by atoms with Crippen molar-refractivity contribution in [3.63, 3.8) is 0 Å². The summed E-state index contributed by atoms with van der Waals surface area (Å²) in [6.45, 7) is 4.67. The molecule has 0 aliphatic rings. The molecule has 0 spiro atoms. The number of imide groups is 1. The third-order valence-electron chi connectivity index (χ3n) is 3.88. The van der Waals surface area contributed by atoms with Gasteiger partial charge in [-0.15, -0.1) is 0 Å². The molecule has 10 heteroatoms. The highest BCUT2D eigenvalue weighted by atomic mass is 32.2. The lowest BCUT2D eigenvalue weighted by molar-refractivity contribution is -0.127. The summed E-state index contributed by atoms with van der Waals surface area (Å²) in [5.41, 5.74) is 6.45. The molecule has 0 bridgehead atoms. The van der Waals surface area contributed by atoms with Gasteiger partial charge in [-0.3, -0.25) is 14.8 Å². The summed E-state index contributed by atoms with van der Waals surface area (Å²) in [5.74, 6) is -1.82. The summed E-state index contributed by atoms with van der Waals surface area (Å²) in [6, 6.07) is 9.73. The number of sulfonamides is 1. The number of hydrogen-bond acceptors (Lipinski definition) is 6. The number of hydrogen-bond donors (Lipinski definition) is 3. The van der Waals surface area contributed by atoms with Gasteiger partial charge in [0.15, 0.2) is 6.10 Å². The zero-order valence-electron chi connectivity index (χ0n) is 16.1. The molecule has 3 amide bonds. The van der Waals surface area contributed by atoms with Crippen molar-refractivity contribution in [3.05, 3.63) is 59.2 Å². The number of nitrogens with two attached hydrogens (primary N) is 1.